The summed E-state index contributed by atoms with van der Waals surface area (Å²) in [5, 5.41) is 3.58. The molecule has 0 radical (unpaired) electrons. The molecule has 1 rings (SSSR count). The highest BCUT2D eigenvalue weighted by Crippen LogP contribution is 2.27. The summed E-state index contributed by atoms with van der Waals surface area (Å²) < 4.78 is 5.41. The Morgan fingerprint density at radius 2 is 2.00 bits per heavy atom. The Morgan fingerprint density at radius 1 is 1.30 bits per heavy atom. The summed E-state index contributed by atoms with van der Waals surface area (Å²) in [4.78, 5) is 13.8. The summed E-state index contributed by atoms with van der Waals surface area (Å²) in [6.07, 6.45) is 4.99. The summed E-state index contributed by atoms with van der Waals surface area (Å²) in [6.45, 7) is 12.2. The molecule has 0 aliphatic heterocycles. The van der Waals surface area contributed by atoms with Crippen LogP contribution in [0.15, 0.2) is 0 Å². The van der Waals surface area contributed by atoms with Crippen LogP contribution in [-0.4, -0.2) is 42.3 Å². The van der Waals surface area contributed by atoms with Crippen LogP contribution in [0.5, 0.6) is 0 Å². The maximum atomic E-state index is 12.0. The van der Waals surface area contributed by atoms with Gasteiger partial charge in [0.05, 0.1) is 0 Å². The Kier molecular flexibility index (Phi) is 6.80. The van der Waals surface area contributed by atoms with E-state index in [9.17, 15) is 4.79 Å². The minimum Gasteiger partial charge on any atom is -0.444 e. The fourth-order valence-corrected chi connectivity index (χ4v) is 2.74. The number of nitrogens with one attached hydrogen (secondary N) is 1. The van der Waals surface area contributed by atoms with E-state index in [1.165, 1.54) is 25.7 Å². The van der Waals surface area contributed by atoms with Crippen LogP contribution in [0.4, 0.5) is 4.79 Å². The van der Waals surface area contributed by atoms with Crippen LogP contribution in [0.2, 0.25) is 0 Å². The van der Waals surface area contributed by atoms with Gasteiger partial charge in [0.15, 0.2) is 0 Å². The van der Waals surface area contributed by atoms with Crippen molar-refractivity contribution in [1.82, 2.24) is 10.2 Å². The van der Waals surface area contributed by atoms with Gasteiger partial charge in [0.2, 0.25) is 0 Å². The van der Waals surface area contributed by atoms with Crippen LogP contribution < -0.4 is 5.32 Å². The van der Waals surface area contributed by atoms with Crippen molar-refractivity contribution in [1.29, 1.82) is 0 Å². The minimum atomic E-state index is -0.419. The number of nitrogens with zero attached hydrogens (tertiary/aromatic N) is 1. The Hall–Kier alpha value is -0.770. The quantitative estimate of drug-likeness (QED) is 0.812. The third kappa shape index (κ3) is 6.12. The third-order valence-corrected chi connectivity index (χ3v) is 3.97. The molecule has 0 aromatic rings. The summed E-state index contributed by atoms with van der Waals surface area (Å²) in [7, 11) is 0. The minimum absolute atomic E-state index is 0.209. The van der Waals surface area contributed by atoms with E-state index >= 15 is 0 Å². The lowest BCUT2D eigenvalue weighted by Crippen LogP contribution is -2.41. The van der Waals surface area contributed by atoms with Crippen molar-refractivity contribution in [3.8, 4) is 0 Å². The Balaban J connectivity index is 2.26. The van der Waals surface area contributed by atoms with Crippen LogP contribution in [0.1, 0.15) is 60.3 Å². The van der Waals surface area contributed by atoms with Crippen molar-refractivity contribution >= 4 is 6.09 Å². The first-order valence-electron chi connectivity index (χ1n) is 8.07. The van der Waals surface area contributed by atoms with Crippen molar-refractivity contribution in [3.63, 3.8) is 0 Å². The molecule has 1 aliphatic carbocycles. The number of carbonyl (C=O) groups is 1. The summed E-state index contributed by atoms with van der Waals surface area (Å²) in [5.74, 6) is 0.889. The molecule has 1 N–H and O–H groups in total. The monoisotopic (exact) mass is 284 g/mol. The van der Waals surface area contributed by atoms with Crippen LogP contribution in [0.3, 0.4) is 0 Å². The number of amides is 1. The zero-order valence-electron chi connectivity index (χ0n) is 13.9. The lowest BCUT2D eigenvalue weighted by atomic mass is 10.1. The van der Waals surface area contributed by atoms with Gasteiger partial charge < -0.3 is 15.0 Å². The lowest BCUT2D eigenvalue weighted by Gasteiger charge is -2.27. The van der Waals surface area contributed by atoms with Crippen molar-refractivity contribution in [3.05, 3.63) is 0 Å². The van der Waals surface area contributed by atoms with E-state index in [0.29, 0.717) is 12.6 Å². The van der Waals surface area contributed by atoms with Crippen molar-refractivity contribution in [2.45, 2.75) is 71.9 Å². The summed E-state index contributed by atoms with van der Waals surface area (Å²) >= 11 is 0. The molecule has 0 bridgehead atoms. The molecule has 0 aromatic carbocycles. The predicted octanol–water partition coefficient (Wildman–Crippen LogP) is 3.41. The van der Waals surface area contributed by atoms with Crippen molar-refractivity contribution in [2.75, 3.05) is 19.6 Å². The molecule has 118 valence electrons. The highest BCUT2D eigenvalue weighted by molar-refractivity contribution is 5.68. The van der Waals surface area contributed by atoms with Crippen molar-refractivity contribution in [2.24, 2.45) is 5.92 Å². The van der Waals surface area contributed by atoms with Crippen LogP contribution in [0, 0.1) is 5.92 Å². The van der Waals surface area contributed by atoms with E-state index in [1.54, 1.807) is 4.90 Å². The first-order chi connectivity index (χ1) is 9.35. The van der Waals surface area contributed by atoms with Crippen molar-refractivity contribution < 1.29 is 9.53 Å². The van der Waals surface area contributed by atoms with Crippen LogP contribution in [0.25, 0.3) is 0 Å². The lowest BCUT2D eigenvalue weighted by molar-refractivity contribution is 0.0261. The van der Waals surface area contributed by atoms with E-state index in [1.807, 2.05) is 27.7 Å². The number of rotatable bonds is 6. The van der Waals surface area contributed by atoms with E-state index < -0.39 is 5.60 Å². The molecule has 0 spiro atoms. The van der Waals surface area contributed by atoms with E-state index in [4.69, 9.17) is 4.74 Å². The maximum absolute atomic E-state index is 12.0. The van der Waals surface area contributed by atoms with Gasteiger partial charge in [-0.3, -0.25) is 0 Å². The number of carbonyl (C=O) groups excluding carboxylic acids is 1. The predicted molar refractivity (Wildman–Crippen MR) is 82.9 cm³/mol. The molecular formula is C16H32N2O2. The average molecular weight is 284 g/mol. The second-order valence-electron chi connectivity index (χ2n) is 6.80. The number of hydrogen-bond donors (Lipinski definition) is 1. The number of likely N-dealkylation sites (N-methyl/N-ethyl adjacent to an activating group) is 1. The second kappa shape index (κ2) is 7.87. The summed E-state index contributed by atoms with van der Waals surface area (Å²) in [6, 6.07) is 0.636. The van der Waals surface area contributed by atoms with Gasteiger partial charge in [-0.15, -0.1) is 0 Å². The topological polar surface area (TPSA) is 41.6 Å². The summed E-state index contributed by atoms with van der Waals surface area (Å²) in [5.41, 5.74) is -0.419. The molecular weight excluding hydrogens is 252 g/mol. The zero-order valence-corrected chi connectivity index (χ0v) is 13.9. The molecule has 1 fully saturated rings. The highest BCUT2D eigenvalue weighted by atomic mass is 16.6. The number of hydrogen-bond acceptors (Lipinski definition) is 3. The first-order valence-corrected chi connectivity index (χ1v) is 8.07. The van der Waals surface area contributed by atoms with Gasteiger partial charge in [-0.25, -0.2) is 4.79 Å². The van der Waals surface area contributed by atoms with Gasteiger partial charge in [-0.1, -0.05) is 13.3 Å². The second-order valence-corrected chi connectivity index (χ2v) is 6.80. The van der Waals surface area contributed by atoms with Gasteiger partial charge >= 0.3 is 6.09 Å². The van der Waals surface area contributed by atoms with Gasteiger partial charge in [0.25, 0.3) is 0 Å². The molecule has 20 heavy (non-hydrogen) atoms. The molecule has 2 atom stereocenters. The standard InChI is InChI=1S/C16H32N2O2/c1-6-13-8-9-14(12-13)17-10-11-18(7-2)15(19)20-16(3,4)5/h13-14,17H,6-12H2,1-5H3. The molecule has 0 heterocycles. The van der Waals surface area contributed by atoms with Gasteiger partial charge in [0, 0.05) is 25.7 Å². The molecule has 1 amide bonds. The fraction of sp³-hybridized carbons (Fsp3) is 0.938. The normalized spacial score (nSPS) is 22.9. The fourth-order valence-electron chi connectivity index (χ4n) is 2.74. The molecule has 1 saturated carbocycles. The molecule has 1 aliphatic rings. The zero-order chi connectivity index (χ0) is 15.2. The number of ether oxygens (including phenoxy) is 1. The molecule has 4 nitrogen and oxygen atoms in total. The molecule has 2 unspecified atom stereocenters. The Bertz CT molecular complexity index is 299. The maximum Gasteiger partial charge on any atom is 0.410 e. The van der Waals surface area contributed by atoms with E-state index in [0.717, 1.165) is 19.0 Å². The average Bonchev–Trinajstić information content (AvgIpc) is 2.80. The Labute approximate surface area is 124 Å². The van der Waals surface area contributed by atoms with E-state index in [2.05, 4.69) is 12.2 Å². The highest BCUT2D eigenvalue weighted by Gasteiger charge is 2.24. The largest absolute Gasteiger partial charge is 0.444 e. The van der Waals surface area contributed by atoms with Gasteiger partial charge in [0.1, 0.15) is 5.60 Å². The molecule has 0 saturated heterocycles. The van der Waals surface area contributed by atoms with E-state index in [-0.39, 0.29) is 6.09 Å². The van der Waals surface area contributed by atoms with Gasteiger partial charge in [-0.05, 0) is 52.9 Å². The third-order valence-electron chi connectivity index (χ3n) is 3.97. The first kappa shape index (κ1) is 17.3. The SMILES string of the molecule is CCC1CCC(NCCN(CC)C(=O)OC(C)(C)C)C1. The molecule has 0 aromatic heterocycles. The van der Waals surface area contributed by atoms with Gasteiger partial charge in [-0.2, -0.15) is 0 Å². The molecule has 4 heteroatoms. The smallest absolute Gasteiger partial charge is 0.410 e. The Morgan fingerprint density at radius 3 is 2.50 bits per heavy atom. The van der Waals surface area contributed by atoms with Crippen LogP contribution >= 0.6 is 0 Å². The van der Waals surface area contributed by atoms with Crippen LogP contribution in [-0.2, 0) is 4.74 Å².